The fourth-order valence-corrected chi connectivity index (χ4v) is 6.17. The molecule has 8 nitrogen and oxygen atoms in total. The number of pyridine rings is 1. The molecule has 3 aromatic rings. The molecule has 0 spiro atoms. The number of nitrogens with zero attached hydrogens (tertiary/aromatic N) is 3. The van der Waals surface area contributed by atoms with Gasteiger partial charge in [0.25, 0.3) is 0 Å². The lowest BCUT2D eigenvalue weighted by Crippen LogP contribution is -2.41. The number of fused-ring (bicyclic) bond motifs is 1. The van der Waals surface area contributed by atoms with E-state index in [1.807, 2.05) is 50.1 Å². The van der Waals surface area contributed by atoms with Crippen molar-refractivity contribution in [3.8, 4) is 5.75 Å². The van der Waals surface area contributed by atoms with Crippen LogP contribution in [0.15, 0.2) is 41.2 Å². The average Bonchev–Trinajstić information content (AvgIpc) is 3.31. The average molecular weight is 581 g/mol. The van der Waals surface area contributed by atoms with E-state index in [1.165, 1.54) is 0 Å². The topological polar surface area (TPSA) is 86.9 Å². The number of carbonyl (C=O) groups excluding carboxylic acids is 1. The highest BCUT2D eigenvalue weighted by Gasteiger charge is 2.35. The summed E-state index contributed by atoms with van der Waals surface area (Å²) in [6, 6.07) is 8.02. The van der Waals surface area contributed by atoms with E-state index in [4.69, 9.17) is 18.4 Å². The van der Waals surface area contributed by atoms with E-state index in [2.05, 4.69) is 50.1 Å². The Balaban J connectivity index is 1.53. The fourth-order valence-electron chi connectivity index (χ4n) is 5.23. The van der Waals surface area contributed by atoms with Crippen molar-refractivity contribution in [3.63, 3.8) is 0 Å². The standard InChI is InChI=1S/C32H46N3O5Si/c1-31(2,3)29(40-41(7)8)27-26(37-21-23-10-9-17-33-20-23)14-12-24-25(34-39-28(24)27)13-11-22-15-18-35(19-16-22)30(36)38-32(4,5)6/h9-10,12,14,17,20,22,29H,11,13,15-16,18-19,21H2,1-8H3. The predicted octanol–water partition coefficient (Wildman–Crippen LogP) is 7.74. The molecule has 0 aliphatic carbocycles. The summed E-state index contributed by atoms with van der Waals surface area (Å²) in [5.74, 6) is 1.28. The first-order chi connectivity index (χ1) is 19.3. The minimum atomic E-state index is -1.02. The zero-order valence-electron chi connectivity index (χ0n) is 26.0. The maximum atomic E-state index is 12.4. The van der Waals surface area contributed by atoms with E-state index >= 15 is 0 Å². The first kappa shape index (κ1) is 31.0. The van der Waals surface area contributed by atoms with Crippen LogP contribution >= 0.6 is 0 Å². The molecule has 1 radical (unpaired) electrons. The molecule has 1 fully saturated rings. The number of rotatable bonds is 9. The number of hydrogen-bond acceptors (Lipinski definition) is 7. The molecule has 0 saturated carbocycles. The van der Waals surface area contributed by atoms with Crippen LogP contribution in [0.1, 0.15) is 83.7 Å². The molecule has 1 aliphatic heterocycles. The molecule has 2 aromatic heterocycles. The van der Waals surface area contributed by atoms with Crippen molar-refractivity contribution in [2.45, 2.75) is 98.6 Å². The fraction of sp³-hybridized carbons (Fsp3) is 0.594. The van der Waals surface area contributed by atoms with Gasteiger partial charge in [-0.15, -0.1) is 0 Å². The second-order valence-electron chi connectivity index (χ2n) is 13.4. The van der Waals surface area contributed by atoms with Gasteiger partial charge in [-0.05, 0) is 89.1 Å². The summed E-state index contributed by atoms with van der Waals surface area (Å²) in [5.41, 5.74) is 2.97. The highest BCUT2D eigenvalue weighted by atomic mass is 28.3. The Hall–Kier alpha value is -2.91. The van der Waals surface area contributed by atoms with Gasteiger partial charge >= 0.3 is 6.09 Å². The van der Waals surface area contributed by atoms with Gasteiger partial charge in [-0.3, -0.25) is 4.98 Å². The maximum absolute atomic E-state index is 12.4. The van der Waals surface area contributed by atoms with Gasteiger partial charge in [0.2, 0.25) is 9.04 Å². The Morgan fingerprint density at radius 1 is 1.12 bits per heavy atom. The van der Waals surface area contributed by atoms with Gasteiger partial charge in [-0.1, -0.05) is 32.0 Å². The third-order valence-corrected chi connectivity index (χ3v) is 8.00. The minimum absolute atomic E-state index is 0.183. The second-order valence-corrected chi connectivity index (χ2v) is 15.4. The summed E-state index contributed by atoms with van der Waals surface area (Å²) in [6.07, 6.45) is 6.89. The van der Waals surface area contributed by atoms with Crippen molar-refractivity contribution in [1.82, 2.24) is 15.0 Å². The number of aromatic nitrogens is 2. The molecule has 1 unspecified atom stereocenters. The molecule has 9 heteroatoms. The summed E-state index contributed by atoms with van der Waals surface area (Å²) < 4.78 is 24.6. The molecule has 1 saturated heterocycles. The van der Waals surface area contributed by atoms with Crippen LogP contribution in [-0.4, -0.2) is 48.9 Å². The molecular formula is C32H46N3O5Si. The van der Waals surface area contributed by atoms with Crippen LogP contribution in [0.3, 0.4) is 0 Å². The molecule has 4 rings (SSSR count). The van der Waals surface area contributed by atoms with Gasteiger partial charge < -0.3 is 23.3 Å². The molecule has 3 heterocycles. The number of carbonyl (C=O) groups is 1. The summed E-state index contributed by atoms with van der Waals surface area (Å²) in [4.78, 5) is 18.5. The van der Waals surface area contributed by atoms with Crippen LogP contribution in [0.25, 0.3) is 11.0 Å². The van der Waals surface area contributed by atoms with Crippen molar-refractivity contribution in [2.24, 2.45) is 11.3 Å². The number of amides is 1. The van der Waals surface area contributed by atoms with Gasteiger partial charge in [0, 0.05) is 36.4 Å². The summed E-state index contributed by atoms with van der Waals surface area (Å²) in [7, 11) is -1.02. The van der Waals surface area contributed by atoms with Gasteiger partial charge in [0.05, 0.1) is 17.4 Å². The Kier molecular flexibility index (Phi) is 9.80. The maximum Gasteiger partial charge on any atom is 0.410 e. The smallest absolute Gasteiger partial charge is 0.410 e. The Bertz CT molecular complexity index is 1290. The summed E-state index contributed by atoms with van der Waals surface area (Å²) in [5, 5.41) is 5.57. The Morgan fingerprint density at radius 2 is 1.85 bits per heavy atom. The monoisotopic (exact) mass is 580 g/mol. The highest BCUT2D eigenvalue weighted by Crippen LogP contribution is 2.45. The summed E-state index contributed by atoms with van der Waals surface area (Å²) >= 11 is 0. The van der Waals surface area contributed by atoms with Crippen molar-refractivity contribution < 1.29 is 23.2 Å². The van der Waals surface area contributed by atoms with Crippen LogP contribution in [0.2, 0.25) is 13.1 Å². The molecule has 0 bridgehead atoms. The van der Waals surface area contributed by atoms with Crippen LogP contribution < -0.4 is 4.74 Å². The van der Waals surface area contributed by atoms with Crippen LogP contribution in [0.4, 0.5) is 4.79 Å². The first-order valence-electron chi connectivity index (χ1n) is 14.7. The third-order valence-electron chi connectivity index (χ3n) is 7.29. The zero-order valence-corrected chi connectivity index (χ0v) is 27.0. The lowest BCUT2D eigenvalue weighted by Gasteiger charge is -2.33. The van der Waals surface area contributed by atoms with E-state index in [1.54, 1.807) is 6.20 Å². The highest BCUT2D eigenvalue weighted by molar-refractivity contribution is 6.48. The summed E-state index contributed by atoms with van der Waals surface area (Å²) in [6.45, 7) is 18.4. The normalized spacial score (nSPS) is 15.9. The number of piperidine rings is 1. The molecule has 223 valence electrons. The Morgan fingerprint density at radius 3 is 2.46 bits per heavy atom. The Labute approximate surface area is 246 Å². The lowest BCUT2D eigenvalue weighted by molar-refractivity contribution is 0.0181. The molecule has 1 aromatic carbocycles. The molecule has 1 atom stereocenters. The van der Waals surface area contributed by atoms with E-state index < -0.39 is 14.6 Å². The quantitative estimate of drug-likeness (QED) is 0.239. The van der Waals surface area contributed by atoms with Crippen LogP contribution in [0, 0.1) is 11.3 Å². The van der Waals surface area contributed by atoms with E-state index in [0.717, 1.165) is 72.3 Å². The van der Waals surface area contributed by atoms with Crippen LogP contribution in [-0.2, 0) is 22.2 Å². The largest absolute Gasteiger partial charge is 0.488 e. The van der Waals surface area contributed by atoms with Crippen molar-refractivity contribution in [2.75, 3.05) is 13.1 Å². The number of ether oxygens (including phenoxy) is 2. The SMILES string of the molecule is C[Si](C)OC(c1c(OCc2cccnc2)ccc2c(CCC3CCN(C(=O)OC(C)(C)C)CC3)noc12)C(C)(C)C. The number of hydrogen-bond donors (Lipinski definition) is 0. The van der Waals surface area contributed by atoms with Gasteiger partial charge in [0.1, 0.15) is 18.0 Å². The minimum Gasteiger partial charge on any atom is -0.488 e. The van der Waals surface area contributed by atoms with E-state index in [-0.39, 0.29) is 17.6 Å². The van der Waals surface area contributed by atoms with Gasteiger partial charge in [-0.25, -0.2) is 4.79 Å². The van der Waals surface area contributed by atoms with Crippen LogP contribution in [0.5, 0.6) is 5.75 Å². The molecule has 1 aliphatic rings. The molecule has 1 amide bonds. The second kappa shape index (κ2) is 12.9. The van der Waals surface area contributed by atoms with Crippen molar-refractivity contribution in [1.29, 1.82) is 0 Å². The first-order valence-corrected chi connectivity index (χ1v) is 17.1. The van der Waals surface area contributed by atoms with Gasteiger partial charge in [-0.2, -0.15) is 0 Å². The van der Waals surface area contributed by atoms with Crippen molar-refractivity contribution in [3.05, 3.63) is 53.5 Å². The number of likely N-dealkylation sites (tertiary alicyclic amines) is 1. The lowest BCUT2D eigenvalue weighted by atomic mass is 9.83. The number of benzene rings is 1. The van der Waals surface area contributed by atoms with E-state index in [0.29, 0.717) is 12.5 Å². The van der Waals surface area contributed by atoms with Gasteiger partial charge in [0.15, 0.2) is 5.58 Å². The molecule has 0 N–H and O–H groups in total. The molecule has 41 heavy (non-hydrogen) atoms. The third kappa shape index (κ3) is 8.32. The van der Waals surface area contributed by atoms with E-state index in [9.17, 15) is 4.79 Å². The predicted molar refractivity (Wildman–Crippen MR) is 162 cm³/mol. The van der Waals surface area contributed by atoms with Crippen molar-refractivity contribution >= 4 is 26.1 Å². The zero-order chi connectivity index (χ0) is 29.8. The molecular weight excluding hydrogens is 534 g/mol. The number of aryl methyl sites for hydroxylation is 1.